The fraction of sp³-hybridized carbons (Fsp3) is 0.769. The van der Waals surface area contributed by atoms with Crippen LogP contribution in [-0.4, -0.2) is 47.0 Å². The minimum absolute atomic E-state index is 0.0481. The minimum atomic E-state index is -1.17. The Hall–Kier alpha value is -1.79. The van der Waals surface area contributed by atoms with Crippen LogP contribution in [0.5, 0.6) is 0 Å². The van der Waals surface area contributed by atoms with Crippen molar-refractivity contribution in [1.29, 1.82) is 0 Å². The molecule has 114 valence electrons. The number of hydrogen-bond acceptors (Lipinski definition) is 3. The molecule has 0 heterocycles. The van der Waals surface area contributed by atoms with Crippen LogP contribution in [0.2, 0.25) is 0 Å². The van der Waals surface area contributed by atoms with Crippen molar-refractivity contribution < 1.29 is 19.5 Å². The number of carbonyl (C=O) groups excluding carboxylic acids is 2. The van der Waals surface area contributed by atoms with E-state index >= 15 is 0 Å². The summed E-state index contributed by atoms with van der Waals surface area (Å²) in [5, 5.41) is 11.6. The van der Waals surface area contributed by atoms with Gasteiger partial charge in [0.2, 0.25) is 5.91 Å². The fourth-order valence-corrected chi connectivity index (χ4v) is 2.42. The van der Waals surface area contributed by atoms with Crippen LogP contribution in [0, 0.1) is 0 Å². The molecule has 0 aromatic heterocycles. The van der Waals surface area contributed by atoms with Crippen molar-refractivity contribution in [3.63, 3.8) is 0 Å². The van der Waals surface area contributed by atoms with Crippen molar-refractivity contribution in [1.82, 2.24) is 10.2 Å². The van der Waals surface area contributed by atoms with E-state index in [-0.39, 0.29) is 12.6 Å². The van der Waals surface area contributed by atoms with E-state index in [9.17, 15) is 14.4 Å². The highest BCUT2D eigenvalue weighted by atomic mass is 16.4. The number of hydrogen-bond donors (Lipinski definition) is 3. The lowest BCUT2D eigenvalue weighted by molar-refractivity contribution is -0.137. The molecular weight excluding hydrogens is 262 g/mol. The van der Waals surface area contributed by atoms with Crippen molar-refractivity contribution in [2.45, 2.75) is 51.0 Å². The molecule has 0 aromatic rings. The van der Waals surface area contributed by atoms with E-state index in [1.165, 1.54) is 6.42 Å². The topological polar surface area (TPSA) is 113 Å². The maximum atomic E-state index is 12.0. The molecule has 1 fully saturated rings. The molecule has 0 saturated heterocycles. The fourth-order valence-electron chi connectivity index (χ4n) is 2.42. The molecule has 0 unspecified atom stereocenters. The van der Waals surface area contributed by atoms with Gasteiger partial charge in [-0.25, -0.2) is 4.79 Å². The van der Waals surface area contributed by atoms with Crippen molar-refractivity contribution >= 4 is 17.9 Å². The van der Waals surface area contributed by atoms with Crippen molar-refractivity contribution in [2.24, 2.45) is 5.73 Å². The first-order chi connectivity index (χ1) is 9.49. The van der Waals surface area contributed by atoms with Crippen LogP contribution in [-0.2, 0) is 9.59 Å². The number of nitrogens with one attached hydrogen (secondary N) is 1. The van der Waals surface area contributed by atoms with E-state index in [2.05, 4.69) is 5.32 Å². The Labute approximate surface area is 118 Å². The van der Waals surface area contributed by atoms with Gasteiger partial charge in [-0.1, -0.05) is 32.1 Å². The number of aliphatic carboxylic acids is 1. The third kappa shape index (κ3) is 6.40. The SMILES string of the molecule is NC(=O)CN(CC(=O)O)C(=O)NC1CCCCCCC1. The van der Waals surface area contributed by atoms with Crippen LogP contribution in [0.15, 0.2) is 0 Å². The summed E-state index contributed by atoms with van der Waals surface area (Å²) in [5.74, 6) is -1.89. The molecule has 1 saturated carbocycles. The molecule has 0 spiro atoms. The molecular formula is C13H23N3O4. The standard InChI is InChI=1S/C13H23N3O4/c14-11(17)8-16(9-12(18)19)13(20)15-10-6-4-2-1-3-5-7-10/h10H,1-9H2,(H2,14,17)(H,15,20)(H,18,19). The zero-order valence-corrected chi connectivity index (χ0v) is 11.6. The largest absolute Gasteiger partial charge is 0.480 e. The first-order valence-electron chi connectivity index (χ1n) is 7.04. The van der Waals surface area contributed by atoms with Gasteiger partial charge >= 0.3 is 12.0 Å². The van der Waals surface area contributed by atoms with Gasteiger partial charge in [-0.3, -0.25) is 9.59 Å². The summed E-state index contributed by atoms with van der Waals surface area (Å²) >= 11 is 0. The van der Waals surface area contributed by atoms with E-state index in [0.29, 0.717) is 0 Å². The van der Waals surface area contributed by atoms with Gasteiger partial charge in [0.05, 0.1) is 0 Å². The van der Waals surface area contributed by atoms with Crippen LogP contribution in [0.25, 0.3) is 0 Å². The molecule has 3 amide bonds. The van der Waals surface area contributed by atoms with E-state index in [1.54, 1.807) is 0 Å². The number of nitrogens with two attached hydrogens (primary N) is 1. The molecule has 0 radical (unpaired) electrons. The van der Waals surface area contributed by atoms with Gasteiger partial charge in [0, 0.05) is 6.04 Å². The second-order valence-corrected chi connectivity index (χ2v) is 5.21. The lowest BCUT2D eigenvalue weighted by atomic mass is 9.97. The average Bonchev–Trinajstić information content (AvgIpc) is 2.30. The van der Waals surface area contributed by atoms with Crippen LogP contribution >= 0.6 is 0 Å². The van der Waals surface area contributed by atoms with Gasteiger partial charge in [0.15, 0.2) is 0 Å². The van der Waals surface area contributed by atoms with Gasteiger partial charge in [-0.05, 0) is 12.8 Å². The van der Waals surface area contributed by atoms with Crippen molar-refractivity contribution in [3.05, 3.63) is 0 Å². The average molecular weight is 285 g/mol. The lowest BCUT2D eigenvalue weighted by Crippen LogP contribution is -2.49. The van der Waals surface area contributed by atoms with Gasteiger partial charge in [-0.2, -0.15) is 0 Å². The van der Waals surface area contributed by atoms with Crippen LogP contribution < -0.4 is 11.1 Å². The Balaban J connectivity index is 2.53. The highest BCUT2D eigenvalue weighted by Gasteiger charge is 2.21. The number of carbonyl (C=O) groups is 3. The summed E-state index contributed by atoms with van der Waals surface area (Å²) in [7, 11) is 0. The molecule has 1 rings (SSSR count). The molecule has 20 heavy (non-hydrogen) atoms. The first-order valence-corrected chi connectivity index (χ1v) is 7.04. The normalized spacial score (nSPS) is 16.8. The molecule has 1 aliphatic rings. The summed E-state index contributed by atoms with van der Waals surface area (Å²) in [6, 6.07) is -0.483. The predicted molar refractivity (Wildman–Crippen MR) is 73.0 cm³/mol. The summed E-state index contributed by atoms with van der Waals surface area (Å²) in [6.45, 7) is -0.910. The third-order valence-electron chi connectivity index (χ3n) is 3.39. The quantitative estimate of drug-likeness (QED) is 0.689. The summed E-state index contributed by atoms with van der Waals surface area (Å²) in [5.41, 5.74) is 5.03. The number of nitrogens with zero attached hydrogens (tertiary/aromatic N) is 1. The minimum Gasteiger partial charge on any atom is -0.480 e. The van der Waals surface area contributed by atoms with Gasteiger partial charge in [-0.15, -0.1) is 0 Å². The smallest absolute Gasteiger partial charge is 0.323 e. The molecule has 0 aromatic carbocycles. The molecule has 0 bridgehead atoms. The Morgan fingerprint density at radius 2 is 1.60 bits per heavy atom. The van der Waals surface area contributed by atoms with Gasteiger partial charge < -0.3 is 21.1 Å². The Bertz CT molecular complexity index is 336. The molecule has 1 aliphatic carbocycles. The van der Waals surface area contributed by atoms with Crippen molar-refractivity contribution in [3.8, 4) is 0 Å². The number of rotatable bonds is 5. The van der Waals surface area contributed by atoms with E-state index in [4.69, 9.17) is 10.8 Å². The second kappa shape index (κ2) is 8.39. The highest BCUT2D eigenvalue weighted by Crippen LogP contribution is 2.17. The van der Waals surface area contributed by atoms with Gasteiger partial charge in [0.25, 0.3) is 0 Å². The summed E-state index contributed by atoms with van der Waals surface area (Å²) < 4.78 is 0. The lowest BCUT2D eigenvalue weighted by Gasteiger charge is -2.25. The first kappa shape index (κ1) is 16.3. The third-order valence-corrected chi connectivity index (χ3v) is 3.39. The van der Waals surface area contributed by atoms with E-state index in [0.717, 1.165) is 43.4 Å². The molecule has 0 atom stereocenters. The molecule has 0 aliphatic heterocycles. The number of primary amides is 1. The van der Waals surface area contributed by atoms with Crippen molar-refractivity contribution in [2.75, 3.05) is 13.1 Å². The predicted octanol–water partition coefficient (Wildman–Crippen LogP) is 0.681. The maximum absolute atomic E-state index is 12.0. The highest BCUT2D eigenvalue weighted by molar-refractivity contribution is 5.86. The Morgan fingerprint density at radius 3 is 2.10 bits per heavy atom. The zero-order chi connectivity index (χ0) is 15.0. The summed E-state index contributed by atoms with van der Waals surface area (Å²) in [4.78, 5) is 34.6. The van der Waals surface area contributed by atoms with Gasteiger partial charge in [0.1, 0.15) is 13.1 Å². The number of urea groups is 1. The summed E-state index contributed by atoms with van der Waals surface area (Å²) in [6.07, 6.45) is 7.44. The molecule has 7 heteroatoms. The molecule has 4 N–H and O–H groups in total. The van der Waals surface area contributed by atoms with Crippen LogP contribution in [0.3, 0.4) is 0 Å². The number of carboxylic acid groups (broad SMARTS) is 1. The van der Waals surface area contributed by atoms with Crippen LogP contribution in [0.4, 0.5) is 4.79 Å². The van der Waals surface area contributed by atoms with E-state index < -0.39 is 24.5 Å². The number of amides is 3. The van der Waals surface area contributed by atoms with E-state index in [1.807, 2.05) is 0 Å². The maximum Gasteiger partial charge on any atom is 0.323 e. The monoisotopic (exact) mass is 285 g/mol. The van der Waals surface area contributed by atoms with Crippen LogP contribution in [0.1, 0.15) is 44.9 Å². The number of carboxylic acids is 1. The molecule has 7 nitrogen and oxygen atoms in total. The Kier molecular flexibility index (Phi) is 6.83. The second-order valence-electron chi connectivity index (χ2n) is 5.21. The Morgan fingerprint density at radius 1 is 1.05 bits per heavy atom. The zero-order valence-electron chi connectivity index (χ0n) is 11.6.